The Morgan fingerprint density at radius 2 is 2.25 bits per heavy atom. The number of benzene rings is 1. The van der Waals surface area contributed by atoms with E-state index in [1.165, 1.54) is 12.7 Å². The Labute approximate surface area is 139 Å². The highest BCUT2D eigenvalue weighted by molar-refractivity contribution is 5.92. The molecule has 0 saturated carbocycles. The zero-order valence-corrected chi connectivity index (χ0v) is 13.4. The predicted molar refractivity (Wildman–Crippen MR) is 88.4 cm³/mol. The van der Waals surface area contributed by atoms with Crippen LogP contribution in [0.15, 0.2) is 36.0 Å². The number of carbonyl (C=O) groups is 1. The van der Waals surface area contributed by atoms with Gasteiger partial charge in [0.1, 0.15) is 18.1 Å². The lowest BCUT2D eigenvalue weighted by Gasteiger charge is -2.09. The molecule has 5 nitrogen and oxygen atoms in total. The second kappa shape index (κ2) is 6.00. The average molecular weight is 323 g/mol. The maximum absolute atomic E-state index is 11.9. The third kappa shape index (κ3) is 2.62. The zero-order chi connectivity index (χ0) is 16.5. The Hall–Kier alpha value is -2.82. The summed E-state index contributed by atoms with van der Waals surface area (Å²) in [5.74, 6) is 1.45. The smallest absolute Gasteiger partial charge is 0.338 e. The molecule has 0 atom stereocenters. The highest BCUT2D eigenvalue weighted by Crippen LogP contribution is 2.30. The highest BCUT2D eigenvalue weighted by atomic mass is 16.5. The Morgan fingerprint density at radius 3 is 3.12 bits per heavy atom. The number of fused-ring (bicyclic) bond motifs is 2. The van der Waals surface area contributed by atoms with Gasteiger partial charge in [0.15, 0.2) is 0 Å². The van der Waals surface area contributed by atoms with Crippen molar-refractivity contribution in [2.45, 2.75) is 12.8 Å². The molecule has 4 rings (SSSR count). The first-order chi connectivity index (χ1) is 11.7. The van der Waals surface area contributed by atoms with Crippen LogP contribution in [-0.2, 0) is 17.6 Å². The molecular weight excluding hydrogens is 306 g/mol. The lowest BCUT2D eigenvalue weighted by molar-refractivity contribution is 0.0599. The van der Waals surface area contributed by atoms with Gasteiger partial charge in [0, 0.05) is 24.6 Å². The van der Waals surface area contributed by atoms with Crippen LogP contribution in [0.5, 0.6) is 11.5 Å². The summed E-state index contributed by atoms with van der Waals surface area (Å²) in [7, 11) is 1.39. The van der Waals surface area contributed by atoms with E-state index in [1.54, 1.807) is 12.3 Å². The van der Waals surface area contributed by atoms with E-state index in [0.717, 1.165) is 41.4 Å². The number of esters is 1. The minimum Gasteiger partial charge on any atom is -0.493 e. The first-order valence-corrected chi connectivity index (χ1v) is 7.89. The lowest BCUT2D eigenvalue weighted by Crippen LogP contribution is -2.07. The van der Waals surface area contributed by atoms with E-state index in [1.807, 2.05) is 24.3 Å². The third-order valence-corrected chi connectivity index (χ3v) is 4.32. The highest BCUT2D eigenvalue weighted by Gasteiger charge is 2.22. The summed E-state index contributed by atoms with van der Waals surface area (Å²) >= 11 is 0. The molecule has 2 aliphatic rings. The fourth-order valence-corrected chi connectivity index (χ4v) is 3.11. The number of nitrogens with zero attached hydrogens (tertiary/aromatic N) is 1. The van der Waals surface area contributed by atoms with Crippen LogP contribution in [0.3, 0.4) is 0 Å². The molecule has 0 radical (unpaired) electrons. The van der Waals surface area contributed by atoms with E-state index in [4.69, 9.17) is 14.2 Å². The maximum Gasteiger partial charge on any atom is 0.338 e. The zero-order valence-electron chi connectivity index (χ0n) is 13.4. The molecule has 1 aliphatic carbocycles. The molecule has 0 saturated heterocycles. The van der Waals surface area contributed by atoms with E-state index < -0.39 is 0 Å². The molecule has 0 bridgehead atoms. The van der Waals surface area contributed by atoms with Crippen molar-refractivity contribution in [3.63, 3.8) is 0 Å². The van der Waals surface area contributed by atoms with Crippen molar-refractivity contribution in [2.75, 3.05) is 20.3 Å². The van der Waals surface area contributed by atoms with Gasteiger partial charge in [-0.1, -0.05) is 0 Å². The fourth-order valence-electron chi connectivity index (χ4n) is 3.11. The van der Waals surface area contributed by atoms with Crippen LogP contribution in [0.1, 0.15) is 27.2 Å². The predicted octanol–water partition coefficient (Wildman–Crippen LogP) is 2.82. The quantitative estimate of drug-likeness (QED) is 0.810. The first kappa shape index (κ1) is 14.8. The largest absolute Gasteiger partial charge is 0.493 e. The van der Waals surface area contributed by atoms with Gasteiger partial charge in [0.05, 0.1) is 25.0 Å². The van der Waals surface area contributed by atoms with E-state index >= 15 is 0 Å². The molecule has 1 aromatic carbocycles. The third-order valence-electron chi connectivity index (χ3n) is 4.32. The van der Waals surface area contributed by atoms with E-state index in [0.29, 0.717) is 18.6 Å². The molecule has 24 heavy (non-hydrogen) atoms. The van der Waals surface area contributed by atoms with Crippen LogP contribution in [0.2, 0.25) is 0 Å². The van der Waals surface area contributed by atoms with Crippen LogP contribution in [-0.4, -0.2) is 31.3 Å². The number of ether oxygens (including phenoxy) is 3. The molecule has 1 aromatic heterocycles. The van der Waals surface area contributed by atoms with Gasteiger partial charge in [0.25, 0.3) is 0 Å². The minimum absolute atomic E-state index is 0.331. The number of rotatable bonds is 4. The van der Waals surface area contributed by atoms with Gasteiger partial charge in [0.2, 0.25) is 0 Å². The van der Waals surface area contributed by atoms with E-state index in [2.05, 4.69) is 4.98 Å². The van der Waals surface area contributed by atoms with Crippen molar-refractivity contribution in [3.05, 3.63) is 58.4 Å². The van der Waals surface area contributed by atoms with Crippen LogP contribution in [0, 0.1) is 0 Å². The lowest BCUT2D eigenvalue weighted by atomic mass is 10.1. The molecule has 1 aliphatic heterocycles. The summed E-state index contributed by atoms with van der Waals surface area (Å²) in [5.41, 5.74) is 4.57. The van der Waals surface area contributed by atoms with Crippen molar-refractivity contribution in [2.24, 2.45) is 0 Å². The van der Waals surface area contributed by atoms with Gasteiger partial charge >= 0.3 is 5.97 Å². The van der Waals surface area contributed by atoms with Gasteiger partial charge in [-0.25, -0.2) is 4.79 Å². The second-order valence-electron chi connectivity index (χ2n) is 5.85. The van der Waals surface area contributed by atoms with Gasteiger partial charge in [-0.3, -0.25) is 4.98 Å². The van der Waals surface area contributed by atoms with Crippen molar-refractivity contribution in [1.82, 2.24) is 4.98 Å². The van der Waals surface area contributed by atoms with Crippen molar-refractivity contribution < 1.29 is 19.0 Å². The minimum atomic E-state index is -0.331. The summed E-state index contributed by atoms with van der Waals surface area (Å²) in [6.07, 6.45) is 5.19. The topological polar surface area (TPSA) is 57.7 Å². The number of carbonyl (C=O) groups excluding carboxylic acids is 1. The molecule has 0 fully saturated rings. The molecule has 5 heteroatoms. The number of methoxy groups -OCH3 is 1. The first-order valence-electron chi connectivity index (χ1n) is 7.89. The number of hydrogen-bond acceptors (Lipinski definition) is 5. The van der Waals surface area contributed by atoms with Crippen LogP contribution < -0.4 is 9.47 Å². The van der Waals surface area contributed by atoms with Crippen LogP contribution >= 0.6 is 0 Å². The molecule has 0 N–H and O–H groups in total. The summed E-state index contributed by atoms with van der Waals surface area (Å²) < 4.78 is 16.2. The summed E-state index contributed by atoms with van der Waals surface area (Å²) in [6.45, 7) is 1.21. The van der Waals surface area contributed by atoms with Gasteiger partial charge in [-0.15, -0.1) is 0 Å². The van der Waals surface area contributed by atoms with E-state index in [-0.39, 0.29) is 5.97 Å². The second-order valence-corrected chi connectivity index (χ2v) is 5.85. The standard InChI is InChI=1S/C19H17NO4/c1-22-19(21)15-4-6-20-17-9-12(8-16(15)17)11-24-14-2-3-18-13(10-14)5-7-23-18/h2-4,6,9-10H,5,7-8,11H2,1H3. The average Bonchev–Trinajstić information content (AvgIpc) is 3.24. The molecule has 0 spiro atoms. The monoisotopic (exact) mass is 323 g/mol. The fraction of sp³-hybridized carbons (Fsp3) is 0.263. The Kier molecular flexibility index (Phi) is 3.69. The summed E-state index contributed by atoms with van der Waals surface area (Å²) in [4.78, 5) is 16.2. The molecule has 0 unspecified atom stereocenters. The molecule has 122 valence electrons. The Bertz CT molecular complexity index is 841. The normalized spacial score (nSPS) is 14.5. The number of aromatic nitrogens is 1. The van der Waals surface area contributed by atoms with Gasteiger partial charge in [-0.05, 0) is 41.5 Å². The number of hydrogen-bond donors (Lipinski definition) is 0. The van der Waals surface area contributed by atoms with Crippen LogP contribution in [0.4, 0.5) is 0 Å². The number of pyridine rings is 1. The van der Waals surface area contributed by atoms with Gasteiger partial charge < -0.3 is 14.2 Å². The summed E-state index contributed by atoms with van der Waals surface area (Å²) in [6, 6.07) is 7.60. The molecule has 2 aromatic rings. The van der Waals surface area contributed by atoms with Crippen LogP contribution in [0.25, 0.3) is 6.08 Å². The van der Waals surface area contributed by atoms with Crippen molar-refractivity contribution >= 4 is 12.0 Å². The van der Waals surface area contributed by atoms with E-state index in [9.17, 15) is 4.79 Å². The Morgan fingerprint density at radius 1 is 1.33 bits per heavy atom. The van der Waals surface area contributed by atoms with Crippen molar-refractivity contribution in [3.8, 4) is 11.5 Å². The molecule has 2 heterocycles. The Balaban J connectivity index is 1.46. The maximum atomic E-state index is 11.9. The van der Waals surface area contributed by atoms with Gasteiger partial charge in [-0.2, -0.15) is 0 Å². The molecular formula is C19H17NO4. The van der Waals surface area contributed by atoms with Crippen molar-refractivity contribution in [1.29, 1.82) is 0 Å². The summed E-state index contributed by atoms with van der Waals surface area (Å²) in [5, 5.41) is 0. The molecule has 0 amide bonds. The SMILES string of the molecule is COC(=O)c1ccnc2c1CC(COc1ccc3c(c1)CCO3)=C2.